The molecule has 0 spiro atoms. The van der Waals surface area contributed by atoms with E-state index in [4.69, 9.17) is 0 Å². The van der Waals surface area contributed by atoms with Crippen LogP contribution in [0.25, 0.3) is 5.69 Å². The van der Waals surface area contributed by atoms with Crippen molar-refractivity contribution in [2.45, 2.75) is 17.9 Å². The molecule has 0 unspecified atom stereocenters. The smallest absolute Gasteiger partial charge is 0.337 e. The van der Waals surface area contributed by atoms with E-state index in [9.17, 15) is 13.2 Å². The van der Waals surface area contributed by atoms with Crippen LogP contribution in [0.2, 0.25) is 0 Å². The van der Waals surface area contributed by atoms with E-state index in [1.54, 1.807) is 17.9 Å². The lowest BCUT2D eigenvalue weighted by molar-refractivity contribution is 0.0600. The lowest BCUT2D eigenvalue weighted by Gasteiger charge is -2.15. The third-order valence-corrected chi connectivity index (χ3v) is 5.51. The Labute approximate surface area is 156 Å². The Morgan fingerprint density at radius 1 is 1.19 bits per heavy atom. The first kappa shape index (κ1) is 18.7. The molecule has 0 radical (unpaired) electrons. The zero-order valence-electron chi connectivity index (χ0n) is 14.7. The molecule has 0 bridgehead atoms. The number of rotatable bonds is 6. The molecule has 0 saturated carbocycles. The third-order valence-electron chi connectivity index (χ3n) is 3.97. The second-order valence-electron chi connectivity index (χ2n) is 5.79. The zero-order chi connectivity index (χ0) is 19.4. The lowest BCUT2D eigenvalue weighted by atomic mass is 10.1. The van der Waals surface area contributed by atoms with Crippen LogP contribution in [-0.2, 0) is 14.8 Å². The predicted octanol–water partition coefficient (Wildman–Crippen LogP) is 2.09. The van der Waals surface area contributed by atoms with E-state index < -0.39 is 22.0 Å². The molecule has 3 rings (SSSR count). The number of esters is 1. The summed E-state index contributed by atoms with van der Waals surface area (Å²) in [6.45, 7) is 1.74. The minimum absolute atomic E-state index is 0.00325. The van der Waals surface area contributed by atoms with Crippen molar-refractivity contribution in [2.24, 2.45) is 0 Å². The minimum atomic E-state index is -3.81. The third kappa shape index (κ3) is 4.21. The van der Waals surface area contributed by atoms with E-state index in [0.717, 1.165) is 11.3 Å². The van der Waals surface area contributed by atoms with E-state index in [1.807, 2.05) is 24.3 Å². The van der Waals surface area contributed by atoms with Crippen LogP contribution in [0.15, 0.2) is 66.1 Å². The fraction of sp³-hybridized carbons (Fsp3) is 0.167. The van der Waals surface area contributed by atoms with Crippen LogP contribution in [0.4, 0.5) is 0 Å². The van der Waals surface area contributed by atoms with Crippen LogP contribution >= 0.6 is 0 Å². The number of nitrogens with zero attached hydrogens (tertiary/aromatic N) is 3. The normalized spacial score (nSPS) is 12.5. The van der Waals surface area contributed by atoms with Crippen LogP contribution in [0.1, 0.15) is 28.9 Å². The van der Waals surface area contributed by atoms with Gasteiger partial charge in [-0.2, -0.15) is 5.10 Å². The number of ether oxygens (including phenoxy) is 1. The second-order valence-corrected chi connectivity index (χ2v) is 7.51. The van der Waals surface area contributed by atoms with Gasteiger partial charge >= 0.3 is 5.97 Å². The lowest BCUT2D eigenvalue weighted by Crippen LogP contribution is -2.27. The molecule has 140 valence electrons. The second kappa shape index (κ2) is 7.68. The first-order valence-electron chi connectivity index (χ1n) is 8.06. The first-order chi connectivity index (χ1) is 12.9. The fourth-order valence-electron chi connectivity index (χ4n) is 2.53. The number of nitrogens with one attached hydrogen (secondary N) is 1. The highest BCUT2D eigenvalue weighted by Crippen LogP contribution is 2.19. The molecule has 0 fully saturated rings. The van der Waals surface area contributed by atoms with Crippen molar-refractivity contribution in [1.82, 2.24) is 19.5 Å². The summed E-state index contributed by atoms with van der Waals surface area (Å²) in [5.41, 5.74) is 1.77. The van der Waals surface area contributed by atoms with Gasteiger partial charge in [0.15, 0.2) is 0 Å². The number of carbonyl (C=O) groups excluding carboxylic acids is 1. The maximum atomic E-state index is 12.6. The molecule has 1 N–H and O–H groups in total. The van der Waals surface area contributed by atoms with Gasteiger partial charge in [0, 0.05) is 6.04 Å². The molecule has 1 heterocycles. The number of carbonyl (C=O) groups is 1. The Hall–Kier alpha value is -3.04. The van der Waals surface area contributed by atoms with Gasteiger partial charge < -0.3 is 4.74 Å². The molecule has 27 heavy (non-hydrogen) atoms. The summed E-state index contributed by atoms with van der Waals surface area (Å²) >= 11 is 0. The first-order valence-corrected chi connectivity index (χ1v) is 9.55. The van der Waals surface area contributed by atoms with Crippen molar-refractivity contribution in [3.8, 4) is 5.69 Å². The van der Waals surface area contributed by atoms with Crippen molar-refractivity contribution >= 4 is 16.0 Å². The Morgan fingerprint density at radius 3 is 2.56 bits per heavy atom. The molecule has 2 aromatic carbocycles. The van der Waals surface area contributed by atoms with Gasteiger partial charge in [-0.3, -0.25) is 0 Å². The number of sulfonamides is 1. The summed E-state index contributed by atoms with van der Waals surface area (Å²) in [7, 11) is -2.57. The predicted molar refractivity (Wildman–Crippen MR) is 97.9 cm³/mol. The molecule has 0 aliphatic rings. The van der Waals surface area contributed by atoms with Crippen molar-refractivity contribution in [3.05, 3.63) is 72.3 Å². The quantitative estimate of drug-likeness (QED) is 0.651. The largest absolute Gasteiger partial charge is 0.465 e. The van der Waals surface area contributed by atoms with Crippen molar-refractivity contribution in [3.63, 3.8) is 0 Å². The summed E-state index contributed by atoms with van der Waals surface area (Å²) in [5, 5.41) is 4.05. The monoisotopic (exact) mass is 386 g/mol. The molecular formula is C18H18N4O4S. The molecule has 0 saturated heterocycles. The highest BCUT2D eigenvalue weighted by molar-refractivity contribution is 7.89. The van der Waals surface area contributed by atoms with Crippen LogP contribution in [0.5, 0.6) is 0 Å². The molecule has 0 aliphatic heterocycles. The number of aromatic nitrogens is 3. The van der Waals surface area contributed by atoms with Gasteiger partial charge in [0.25, 0.3) is 0 Å². The van der Waals surface area contributed by atoms with Gasteiger partial charge in [0.2, 0.25) is 10.0 Å². The maximum absolute atomic E-state index is 12.6. The SMILES string of the molecule is COC(=O)c1cccc(S(=O)(=O)N[C@@H](C)c2ccc(-n3cncn3)cc2)c1. The number of hydrogen-bond donors (Lipinski definition) is 1. The molecular weight excluding hydrogens is 368 g/mol. The molecule has 9 heteroatoms. The van der Waals surface area contributed by atoms with Gasteiger partial charge in [-0.25, -0.2) is 27.6 Å². The maximum Gasteiger partial charge on any atom is 0.337 e. The van der Waals surface area contributed by atoms with Gasteiger partial charge in [0.1, 0.15) is 12.7 Å². The fourth-order valence-corrected chi connectivity index (χ4v) is 3.81. The Kier molecular flexibility index (Phi) is 5.33. The molecule has 8 nitrogen and oxygen atoms in total. The number of benzene rings is 2. The van der Waals surface area contributed by atoms with Gasteiger partial charge in [-0.15, -0.1) is 0 Å². The molecule has 1 atom stereocenters. The zero-order valence-corrected chi connectivity index (χ0v) is 15.6. The number of methoxy groups -OCH3 is 1. The van der Waals surface area contributed by atoms with Crippen molar-refractivity contribution in [1.29, 1.82) is 0 Å². The highest BCUT2D eigenvalue weighted by atomic mass is 32.2. The Morgan fingerprint density at radius 2 is 1.93 bits per heavy atom. The van der Waals surface area contributed by atoms with E-state index in [1.165, 1.54) is 37.7 Å². The van der Waals surface area contributed by atoms with Gasteiger partial charge in [-0.05, 0) is 42.8 Å². The van der Waals surface area contributed by atoms with Gasteiger partial charge in [-0.1, -0.05) is 18.2 Å². The van der Waals surface area contributed by atoms with E-state index in [2.05, 4.69) is 19.5 Å². The molecule has 1 aromatic heterocycles. The average Bonchev–Trinajstić information content (AvgIpc) is 3.22. The Balaban J connectivity index is 1.78. The summed E-state index contributed by atoms with van der Waals surface area (Å²) in [6.07, 6.45) is 3.02. The van der Waals surface area contributed by atoms with E-state index >= 15 is 0 Å². The van der Waals surface area contributed by atoms with Crippen LogP contribution in [0.3, 0.4) is 0 Å². The van der Waals surface area contributed by atoms with Crippen LogP contribution < -0.4 is 4.72 Å². The highest BCUT2D eigenvalue weighted by Gasteiger charge is 2.20. The average molecular weight is 386 g/mol. The standard InChI is InChI=1S/C18H18N4O4S/c1-13(14-6-8-16(9-7-14)22-12-19-11-20-22)21-27(24,25)17-5-3-4-15(10-17)18(23)26-2/h3-13,21H,1-2H3/t13-/m0/s1. The van der Waals surface area contributed by atoms with Gasteiger partial charge in [0.05, 0.1) is 23.3 Å². The summed E-state index contributed by atoms with van der Waals surface area (Å²) in [5.74, 6) is -0.594. The molecule has 0 aliphatic carbocycles. The summed E-state index contributed by atoms with van der Waals surface area (Å²) < 4.78 is 34.1. The summed E-state index contributed by atoms with van der Waals surface area (Å²) in [4.78, 5) is 15.5. The van der Waals surface area contributed by atoms with Crippen LogP contribution in [0, 0.1) is 0 Å². The topological polar surface area (TPSA) is 103 Å². The number of hydrogen-bond acceptors (Lipinski definition) is 6. The van der Waals surface area contributed by atoms with Crippen LogP contribution in [-0.4, -0.2) is 36.3 Å². The van der Waals surface area contributed by atoms with E-state index in [0.29, 0.717) is 0 Å². The van der Waals surface area contributed by atoms with E-state index in [-0.39, 0.29) is 10.5 Å². The summed E-state index contributed by atoms with van der Waals surface area (Å²) in [6, 6.07) is 12.5. The molecule has 0 amide bonds. The van der Waals surface area contributed by atoms with Crippen molar-refractivity contribution < 1.29 is 17.9 Å². The molecule has 3 aromatic rings. The Bertz CT molecular complexity index is 1030. The van der Waals surface area contributed by atoms with Crippen molar-refractivity contribution in [2.75, 3.05) is 7.11 Å². The minimum Gasteiger partial charge on any atom is -0.465 e.